The summed E-state index contributed by atoms with van der Waals surface area (Å²) in [6.45, 7) is -0.458. The number of alkyl halides is 1. The van der Waals surface area contributed by atoms with Crippen molar-refractivity contribution < 1.29 is 9.13 Å². The van der Waals surface area contributed by atoms with Crippen molar-refractivity contribution in [3.8, 4) is 5.75 Å². The Morgan fingerprint density at radius 2 is 2.20 bits per heavy atom. The predicted octanol–water partition coefficient (Wildman–Crippen LogP) is 2.17. The minimum absolute atomic E-state index is 0.0495. The molecule has 1 heterocycles. The maximum absolute atomic E-state index is 12.0. The van der Waals surface area contributed by atoms with E-state index in [1.54, 1.807) is 24.4 Å². The maximum atomic E-state index is 12.0. The van der Waals surface area contributed by atoms with Gasteiger partial charge in [0.2, 0.25) is 0 Å². The number of hydrogen-bond donors (Lipinski definition) is 1. The van der Waals surface area contributed by atoms with Crippen LogP contribution in [0.25, 0.3) is 10.9 Å². The van der Waals surface area contributed by atoms with Crippen molar-refractivity contribution in [1.29, 1.82) is 0 Å². The third kappa shape index (κ3) is 1.83. The van der Waals surface area contributed by atoms with Gasteiger partial charge in [-0.2, -0.15) is 0 Å². The molecule has 78 valence electrons. The summed E-state index contributed by atoms with van der Waals surface area (Å²) in [5.74, 6) is 0.616. The van der Waals surface area contributed by atoms with Gasteiger partial charge in [-0.3, -0.25) is 4.98 Å². The van der Waals surface area contributed by atoms with Crippen molar-refractivity contribution in [1.82, 2.24) is 4.98 Å². The maximum Gasteiger partial charge on any atom is 0.128 e. The summed E-state index contributed by atoms with van der Waals surface area (Å²) in [6.07, 6.45) is 1.66. The van der Waals surface area contributed by atoms with Crippen LogP contribution >= 0.6 is 0 Å². The molecule has 4 heteroatoms. The van der Waals surface area contributed by atoms with Gasteiger partial charge in [0.15, 0.2) is 0 Å². The highest BCUT2D eigenvalue weighted by molar-refractivity contribution is 5.93. The van der Waals surface area contributed by atoms with Gasteiger partial charge in [-0.25, -0.2) is 4.39 Å². The third-order valence-corrected chi connectivity index (χ3v) is 2.10. The quantitative estimate of drug-likeness (QED) is 0.783. The van der Waals surface area contributed by atoms with Crippen LogP contribution < -0.4 is 10.5 Å². The Hall–Kier alpha value is -1.84. The largest absolute Gasteiger partial charge is 0.490 e. The summed E-state index contributed by atoms with van der Waals surface area (Å²) < 4.78 is 17.2. The molecule has 3 nitrogen and oxygen atoms in total. The van der Waals surface area contributed by atoms with Crippen LogP contribution in [0.15, 0.2) is 30.5 Å². The molecule has 2 N–H and O–H groups in total. The SMILES string of the molecule is Nc1ccc(OCCF)c2cccnc12. The second-order valence-electron chi connectivity index (χ2n) is 3.09. The van der Waals surface area contributed by atoms with Crippen LogP contribution in [0.1, 0.15) is 0 Å². The number of nitrogens with two attached hydrogens (primary N) is 1. The molecule has 2 rings (SSSR count). The first-order chi connectivity index (χ1) is 7.33. The molecule has 1 aromatic heterocycles. The Morgan fingerprint density at radius 1 is 1.33 bits per heavy atom. The molecule has 0 bridgehead atoms. The second-order valence-corrected chi connectivity index (χ2v) is 3.09. The number of nitrogens with zero attached hydrogens (tertiary/aromatic N) is 1. The Kier molecular flexibility index (Phi) is 2.67. The van der Waals surface area contributed by atoms with Crippen LogP contribution in [0, 0.1) is 0 Å². The Labute approximate surface area is 86.7 Å². The minimum atomic E-state index is -0.508. The van der Waals surface area contributed by atoms with Crippen molar-refractivity contribution in [2.75, 3.05) is 19.0 Å². The minimum Gasteiger partial charge on any atom is -0.490 e. The summed E-state index contributed by atoms with van der Waals surface area (Å²) in [5, 5.41) is 0.811. The van der Waals surface area contributed by atoms with E-state index < -0.39 is 6.67 Å². The van der Waals surface area contributed by atoms with Crippen LogP contribution in [0.2, 0.25) is 0 Å². The highest BCUT2D eigenvalue weighted by Crippen LogP contribution is 2.28. The number of nitrogen functional groups attached to an aromatic ring is 1. The van der Waals surface area contributed by atoms with E-state index in [9.17, 15) is 4.39 Å². The van der Waals surface area contributed by atoms with Crippen LogP contribution in [0.4, 0.5) is 10.1 Å². The fourth-order valence-electron chi connectivity index (χ4n) is 1.44. The first kappa shape index (κ1) is 9.71. The molecule has 0 aliphatic rings. The normalized spacial score (nSPS) is 10.5. The lowest BCUT2D eigenvalue weighted by atomic mass is 10.2. The molecule has 0 radical (unpaired) electrons. The van der Waals surface area contributed by atoms with E-state index in [0.29, 0.717) is 17.0 Å². The van der Waals surface area contributed by atoms with Crippen LogP contribution in [-0.4, -0.2) is 18.3 Å². The molecule has 0 spiro atoms. The van der Waals surface area contributed by atoms with Crippen molar-refractivity contribution in [2.24, 2.45) is 0 Å². The van der Waals surface area contributed by atoms with E-state index >= 15 is 0 Å². The van der Waals surface area contributed by atoms with Crippen LogP contribution in [0.5, 0.6) is 5.75 Å². The van der Waals surface area contributed by atoms with E-state index in [2.05, 4.69) is 4.98 Å². The molecule has 2 aromatic rings. The van der Waals surface area contributed by atoms with E-state index in [1.165, 1.54) is 0 Å². The molecule has 0 aliphatic heterocycles. The molecular weight excluding hydrogens is 195 g/mol. The Balaban J connectivity index is 2.51. The number of rotatable bonds is 3. The van der Waals surface area contributed by atoms with E-state index in [4.69, 9.17) is 10.5 Å². The molecule has 0 atom stereocenters. The summed E-state index contributed by atoms with van der Waals surface area (Å²) in [4.78, 5) is 4.15. The third-order valence-electron chi connectivity index (χ3n) is 2.10. The lowest BCUT2D eigenvalue weighted by molar-refractivity contribution is 0.276. The molecule has 1 aromatic carbocycles. The monoisotopic (exact) mass is 206 g/mol. The number of aromatic nitrogens is 1. The van der Waals surface area contributed by atoms with Crippen molar-refractivity contribution in [3.63, 3.8) is 0 Å². The molecule has 0 unspecified atom stereocenters. The predicted molar refractivity (Wildman–Crippen MR) is 57.6 cm³/mol. The van der Waals surface area contributed by atoms with Gasteiger partial charge in [-0.15, -0.1) is 0 Å². The molecule has 15 heavy (non-hydrogen) atoms. The van der Waals surface area contributed by atoms with Crippen molar-refractivity contribution in [3.05, 3.63) is 30.5 Å². The number of benzene rings is 1. The van der Waals surface area contributed by atoms with Gasteiger partial charge >= 0.3 is 0 Å². The number of halogens is 1. The zero-order valence-corrected chi connectivity index (χ0v) is 8.11. The molecule has 0 saturated carbocycles. The van der Waals surface area contributed by atoms with Crippen LogP contribution in [-0.2, 0) is 0 Å². The van der Waals surface area contributed by atoms with Gasteiger partial charge in [0.25, 0.3) is 0 Å². The second kappa shape index (κ2) is 4.13. The van der Waals surface area contributed by atoms with Gasteiger partial charge in [-0.1, -0.05) is 0 Å². The zero-order valence-electron chi connectivity index (χ0n) is 8.11. The molecule has 0 amide bonds. The van der Waals surface area contributed by atoms with Crippen molar-refractivity contribution >= 4 is 16.6 Å². The fraction of sp³-hybridized carbons (Fsp3) is 0.182. The van der Waals surface area contributed by atoms with Crippen LogP contribution in [0.3, 0.4) is 0 Å². The number of pyridine rings is 1. The topological polar surface area (TPSA) is 48.1 Å². The molecular formula is C11H11FN2O. The summed E-state index contributed by atoms with van der Waals surface area (Å²) in [5.41, 5.74) is 7.05. The first-order valence-electron chi connectivity index (χ1n) is 4.65. The molecule has 0 saturated heterocycles. The highest BCUT2D eigenvalue weighted by atomic mass is 19.1. The lowest BCUT2D eigenvalue weighted by Gasteiger charge is -2.08. The smallest absolute Gasteiger partial charge is 0.128 e. The zero-order chi connectivity index (χ0) is 10.7. The summed E-state index contributed by atoms with van der Waals surface area (Å²) >= 11 is 0. The summed E-state index contributed by atoms with van der Waals surface area (Å²) in [7, 11) is 0. The van der Waals surface area contributed by atoms with E-state index in [-0.39, 0.29) is 6.61 Å². The molecule has 0 aliphatic carbocycles. The fourth-order valence-corrected chi connectivity index (χ4v) is 1.44. The van der Waals surface area contributed by atoms with Crippen molar-refractivity contribution in [2.45, 2.75) is 0 Å². The van der Waals surface area contributed by atoms with E-state index in [0.717, 1.165) is 5.39 Å². The number of hydrogen-bond acceptors (Lipinski definition) is 3. The first-order valence-corrected chi connectivity index (χ1v) is 4.65. The molecule has 0 fully saturated rings. The average molecular weight is 206 g/mol. The number of fused-ring (bicyclic) bond motifs is 1. The summed E-state index contributed by atoms with van der Waals surface area (Å²) in [6, 6.07) is 7.09. The van der Waals surface area contributed by atoms with Gasteiger partial charge in [0, 0.05) is 11.6 Å². The van der Waals surface area contributed by atoms with Gasteiger partial charge in [0.1, 0.15) is 19.0 Å². The Morgan fingerprint density at radius 3 is 3.00 bits per heavy atom. The number of anilines is 1. The van der Waals surface area contributed by atoms with Gasteiger partial charge in [0.05, 0.1) is 11.2 Å². The van der Waals surface area contributed by atoms with Gasteiger partial charge in [-0.05, 0) is 24.3 Å². The number of ether oxygens (including phenoxy) is 1. The van der Waals surface area contributed by atoms with Gasteiger partial charge < -0.3 is 10.5 Å². The lowest BCUT2D eigenvalue weighted by Crippen LogP contribution is -2.00. The van der Waals surface area contributed by atoms with E-state index in [1.807, 2.05) is 6.07 Å². The highest BCUT2D eigenvalue weighted by Gasteiger charge is 2.05. The average Bonchev–Trinajstić information content (AvgIpc) is 2.29. The Bertz CT molecular complexity index is 473. The standard InChI is InChI=1S/C11H11FN2O/c12-5-7-15-10-4-3-9(13)11-8(10)2-1-6-14-11/h1-4,6H,5,7,13H2.